The highest BCUT2D eigenvalue weighted by Crippen LogP contribution is 2.41. The Morgan fingerprint density at radius 1 is 0.938 bits per heavy atom. The molecule has 0 aliphatic heterocycles. The Morgan fingerprint density at radius 3 is 2.12 bits per heavy atom. The van der Waals surface area contributed by atoms with Gasteiger partial charge in [0.15, 0.2) is 11.5 Å². The fourth-order valence-electron chi connectivity index (χ4n) is 2.80. The minimum Gasteiger partial charge on any atom is -0.493 e. The number of halogens is 1. The number of amides is 1. The molecule has 0 fully saturated rings. The number of anilines is 2. The van der Waals surface area contributed by atoms with Crippen LogP contribution < -0.4 is 29.6 Å². The van der Waals surface area contributed by atoms with Gasteiger partial charge in [0.25, 0.3) is 0 Å². The lowest BCUT2D eigenvalue weighted by atomic mass is 10.2. The van der Waals surface area contributed by atoms with Crippen molar-refractivity contribution >= 4 is 33.4 Å². The number of benzene rings is 2. The highest BCUT2D eigenvalue weighted by atomic mass is 79.9. The first-order chi connectivity index (χ1) is 15.1. The van der Waals surface area contributed by atoms with Crippen LogP contribution in [0.15, 0.2) is 34.8 Å². The quantitative estimate of drug-likeness (QED) is 0.407. The second kappa shape index (κ2) is 11.7. The maximum Gasteiger partial charge on any atom is 0.407 e. The average molecular weight is 511 g/mol. The smallest absolute Gasteiger partial charge is 0.407 e. The van der Waals surface area contributed by atoms with Crippen molar-refractivity contribution in [1.29, 1.82) is 0 Å². The summed E-state index contributed by atoms with van der Waals surface area (Å²) < 4.78 is 28.1. The summed E-state index contributed by atoms with van der Waals surface area (Å²) in [6.45, 7) is 6.38. The van der Waals surface area contributed by atoms with Crippen LogP contribution in [-0.2, 0) is 4.74 Å². The minimum absolute atomic E-state index is 0.434. The van der Waals surface area contributed by atoms with Crippen molar-refractivity contribution in [1.82, 2.24) is 5.32 Å². The maximum absolute atomic E-state index is 11.7. The summed E-state index contributed by atoms with van der Waals surface area (Å²) in [5.74, 6) is 2.32. The second-order valence-corrected chi connectivity index (χ2v) is 8.76. The Labute approximate surface area is 197 Å². The van der Waals surface area contributed by atoms with Gasteiger partial charge in [0, 0.05) is 40.6 Å². The van der Waals surface area contributed by atoms with Crippen LogP contribution in [0.4, 0.5) is 16.2 Å². The van der Waals surface area contributed by atoms with Crippen molar-refractivity contribution in [3.8, 4) is 23.0 Å². The molecule has 2 N–H and O–H groups in total. The first kappa shape index (κ1) is 25.5. The van der Waals surface area contributed by atoms with E-state index in [2.05, 4.69) is 26.6 Å². The van der Waals surface area contributed by atoms with Crippen LogP contribution in [0, 0.1) is 0 Å². The number of rotatable bonds is 10. The van der Waals surface area contributed by atoms with Crippen LogP contribution in [0.2, 0.25) is 0 Å². The molecule has 0 saturated carbocycles. The lowest BCUT2D eigenvalue weighted by Crippen LogP contribution is -2.33. The molecule has 32 heavy (non-hydrogen) atoms. The average Bonchev–Trinajstić information content (AvgIpc) is 2.71. The molecular formula is C23H31BrN2O6. The Hall–Kier alpha value is -2.81. The Bertz CT molecular complexity index is 889. The molecule has 0 spiro atoms. The zero-order chi connectivity index (χ0) is 23.7. The Kier molecular flexibility index (Phi) is 9.31. The summed E-state index contributed by atoms with van der Waals surface area (Å²) in [6, 6.07) is 9.34. The van der Waals surface area contributed by atoms with Crippen molar-refractivity contribution in [2.24, 2.45) is 0 Å². The largest absolute Gasteiger partial charge is 0.493 e. The van der Waals surface area contributed by atoms with E-state index in [1.54, 1.807) is 21.3 Å². The van der Waals surface area contributed by atoms with Gasteiger partial charge in [0.1, 0.15) is 11.4 Å². The zero-order valence-electron chi connectivity index (χ0n) is 19.3. The van der Waals surface area contributed by atoms with Gasteiger partial charge in [-0.15, -0.1) is 0 Å². The lowest BCUT2D eigenvalue weighted by Gasteiger charge is -2.19. The Balaban J connectivity index is 1.97. The van der Waals surface area contributed by atoms with E-state index in [0.29, 0.717) is 42.6 Å². The number of alkyl carbamates (subject to hydrolysis) is 1. The number of nitrogens with one attached hydrogen (secondary N) is 2. The van der Waals surface area contributed by atoms with Gasteiger partial charge in [0.05, 0.1) is 27.9 Å². The standard InChI is InChI=1S/C23H31BrN2O6/c1-23(2,3)32-22(27)25-8-7-9-31-18-11-15(24)10-16(12-18)26-17-13-19(28-4)21(30-6)20(14-17)29-5/h10-14,26H,7-9H2,1-6H3,(H,25,27). The predicted molar refractivity (Wildman–Crippen MR) is 128 cm³/mol. The van der Waals surface area contributed by atoms with Crippen LogP contribution in [0.3, 0.4) is 0 Å². The number of ether oxygens (including phenoxy) is 5. The number of hydrogen-bond acceptors (Lipinski definition) is 7. The van der Waals surface area contributed by atoms with Gasteiger partial charge >= 0.3 is 6.09 Å². The molecule has 1 amide bonds. The second-order valence-electron chi connectivity index (χ2n) is 7.85. The number of carbonyl (C=O) groups is 1. The van der Waals surface area contributed by atoms with Crippen molar-refractivity contribution < 1.29 is 28.5 Å². The first-order valence-corrected chi connectivity index (χ1v) is 10.9. The molecule has 0 aliphatic rings. The van der Waals surface area contributed by atoms with Crippen LogP contribution in [-0.4, -0.2) is 46.2 Å². The van der Waals surface area contributed by atoms with Crippen molar-refractivity contribution in [3.63, 3.8) is 0 Å². The molecule has 0 unspecified atom stereocenters. The monoisotopic (exact) mass is 510 g/mol. The molecule has 176 valence electrons. The molecule has 9 heteroatoms. The topological polar surface area (TPSA) is 87.3 Å². The fourth-order valence-corrected chi connectivity index (χ4v) is 3.28. The van der Waals surface area contributed by atoms with Gasteiger partial charge in [-0.25, -0.2) is 4.79 Å². The summed E-state index contributed by atoms with van der Waals surface area (Å²) >= 11 is 3.51. The number of methoxy groups -OCH3 is 3. The van der Waals surface area contributed by atoms with E-state index in [4.69, 9.17) is 23.7 Å². The minimum atomic E-state index is -0.516. The van der Waals surface area contributed by atoms with E-state index >= 15 is 0 Å². The molecule has 0 saturated heterocycles. The third kappa shape index (κ3) is 8.03. The number of carbonyl (C=O) groups excluding carboxylic acids is 1. The van der Waals surface area contributed by atoms with E-state index in [9.17, 15) is 4.79 Å². The van der Waals surface area contributed by atoms with Gasteiger partial charge in [0.2, 0.25) is 5.75 Å². The first-order valence-electron chi connectivity index (χ1n) is 10.1. The summed E-state index contributed by atoms with van der Waals surface area (Å²) in [7, 11) is 4.71. The van der Waals surface area contributed by atoms with Gasteiger partial charge in [-0.1, -0.05) is 15.9 Å². The SMILES string of the molecule is COc1cc(Nc2cc(Br)cc(OCCCNC(=O)OC(C)(C)C)c2)cc(OC)c1OC. The third-order valence-electron chi connectivity index (χ3n) is 4.08. The predicted octanol–water partition coefficient (Wildman–Crippen LogP) is 5.51. The van der Waals surface area contributed by atoms with Crippen molar-refractivity contribution in [2.45, 2.75) is 32.8 Å². The Morgan fingerprint density at radius 2 is 1.56 bits per heavy atom. The van der Waals surface area contributed by atoms with E-state index in [0.717, 1.165) is 15.8 Å². The van der Waals surface area contributed by atoms with Crippen LogP contribution in [0.1, 0.15) is 27.2 Å². The molecule has 0 aromatic heterocycles. The van der Waals surface area contributed by atoms with Gasteiger partial charge < -0.3 is 34.3 Å². The van der Waals surface area contributed by atoms with E-state index < -0.39 is 11.7 Å². The van der Waals surface area contributed by atoms with Gasteiger partial charge in [-0.3, -0.25) is 0 Å². The van der Waals surface area contributed by atoms with E-state index in [1.807, 2.05) is 51.1 Å². The molecule has 0 heterocycles. The normalized spacial score (nSPS) is 10.8. The molecule has 0 atom stereocenters. The van der Waals surface area contributed by atoms with Crippen molar-refractivity contribution in [3.05, 3.63) is 34.8 Å². The van der Waals surface area contributed by atoms with Crippen LogP contribution in [0.25, 0.3) is 0 Å². The molecule has 2 rings (SSSR count). The van der Waals surface area contributed by atoms with Crippen LogP contribution >= 0.6 is 15.9 Å². The van der Waals surface area contributed by atoms with E-state index in [1.165, 1.54) is 0 Å². The highest BCUT2D eigenvalue weighted by Gasteiger charge is 2.16. The molecular weight excluding hydrogens is 480 g/mol. The summed E-state index contributed by atoms with van der Waals surface area (Å²) in [5.41, 5.74) is 1.07. The molecule has 0 aliphatic carbocycles. The fraction of sp³-hybridized carbons (Fsp3) is 0.435. The molecule has 8 nitrogen and oxygen atoms in total. The lowest BCUT2D eigenvalue weighted by molar-refractivity contribution is 0.0525. The van der Waals surface area contributed by atoms with Gasteiger partial charge in [-0.2, -0.15) is 0 Å². The summed E-state index contributed by atoms with van der Waals surface area (Å²) in [6.07, 6.45) is 0.207. The maximum atomic E-state index is 11.7. The summed E-state index contributed by atoms with van der Waals surface area (Å²) in [5, 5.41) is 6.04. The van der Waals surface area contributed by atoms with Crippen LogP contribution in [0.5, 0.6) is 23.0 Å². The number of hydrogen-bond donors (Lipinski definition) is 2. The zero-order valence-corrected chi connectivity index (χ0v) is 20.9. The molecule has 0 radical (unpaired) electrons. The molecule has 0 bridgehead atoms. The van der Waals surface area contributed by atoms with Gasteiger partial charge in [-0.05, 0) is 39.3 Å². The molecule has 2 aromatic rings. The molecule has 2 aromatic carbocycles. The highest BCUT2D eigenvalue weighted by molar-refractivity contribution is 9.10. The summed E-state index contributed by atoms with van der Waals surface area (Å²) in [4.78, 5) is 11.7. The third-order valence-corrected chi connectivity index (χ3v) is 4.54. The van der Waals surface area contributed by atoms with E-state index in [-0.39, 0.29) is 0 Å². The van der Waals surface area contributed by atoms with Crippen molar-refractivity contribution in [2.75, 3.05) is 39.8 Å².